The fourth-order valence-corrected chi connectivity index (χ4v) is 2.93. The second kappa shape index (κ2) is 3.48. The molecule has 0 saturated heterocycles. The molecule has 0 saturated carbocycles. The minimum Gasteiger partial charge on any atom is -0.331 e. The maximum absolute atomic E-state index is 11.8. The van der Waals surface area contributed by atoms with Gasteiger partial charge in [0, 0.05) is 18.5 Å². The second-order valence-corrected chi connectivity index (χ2v) is 4.53. The SMILES string of the molecule is CC[C@H]1[C@H]2C=CC(=O)N1Cc1ccccc12. The summed E-state index contributed by atoms with van der Waals surface area (Å²) in [6.07, 6.45) is 4.83. The molecule has 2 heteroatoms. The molecule has 0 aliphatic carbocycles. The highest BCUT2D eigenvalue weighted by molar-refractivity contribution is 5.89. The van der Waals surface area contributed by atoms with Gasteiger partial charge < -0.3 is 4.90 Å². The smallest absolute Gasteiger partial charge is 0.246 e. The number of nitrogens with zero attached hydrogens (tertiary/aromatic N) is 1. The zero-order chi connectivity index (χ0) is 11.1. The van der Waals surface area contributed by atoms with Crippen LogP contribution >= 0.6 is 0 Å². The quantitative estimate of drug-likeness (QED) is 0.701. The molecule has 1 aromatic carbocycles. The Morgan fingerprint density at radius 1 is 1.38 bits per heavy atom. The monoisotopic (exact) mass is 213 g/mol. The van der Waals surface area contributed by atoms with Gasteiger partial charge in [0.15, 0.2) is 0 Å². The molecule has 2 atom stereocenters. The Morgan fingerprint density at radius 3 is 3.00 bits per heavy atom. The first-order valence-electron chi connectivity index (χ1n) is 5.88. The maximum Gasteiger partial charge on any atom is 0.246 e. The van der Waals surface area contributed by atoms with Gasteiger partial charge >= 0.3 is 0 Å². The van der Waals surface area contributed by atoms with Crippen LogP contribution in [0.25, 0.3) is 0 Å². The van der Waals surface area contributed by atoms with Gasteiger partial charge in [-0.25, -0.2) is 0 Å². The van der Waals surface area contributed by atoms with E-state index in [0.717, 1.165) is 13.0 Å². The number of carbonyl (C=O) groups is 1. The first-order valence-corrected chi connectivity index (χ1v) is 5.88. The van der Waals surface area contributed by atoms with Crippen LogP contribution in [0.1, 0.15) is 30.4 Å². The van der Waals surface area contributed by atoms with E-state index in [0.29, 0.717) is 12.0 Å². The van der Waals surface area contributed by atoms with E-state index in [1.807, 2.05) is 4.90 Å². The lowest BCUT2D eigenvalue weighted by Gasteiger charge is -2.43. The van der Waals surface area contributed by atoms with E-state index < -0.39 is 0 Å². The first-order chi connectivity index (χ1) is 7.81. The van der Waals surface area contributed by atoms with E-state index >= 15 is 0 Å². The van der Waals surface area contributed by atoms with E-state index in [4.69, 9.17) is 0 Å². The van der Waals surface area contributed by atoms with Crippen molar-refractivity contribution in [2.24, 2.45) is 0 Å². The van der Waals surface area contributed by atoms with Crippen LogP contribution < -0.4 is 0 Å². The van der Waals surface area contributed by atoms with Crippen LogP contribution in [0, 0.1) is 0 Å². The minimum atomic E-state index is 0.164. The third-order valence-corrected chi connectivity index (χ3v) is 3.72. The Balaban J connectivity index is 2.14. The lowest BCUT2D eigenvalue weighted by molar-refractivity contribution is -0.130. The molecular weight excluding hydrogens is 198 g/mol. The van der Waals surface area contributed by atoms with Crippen LogP contribution in [0.15, 0.2) is 36.4 Å². The third-order valence-electron chi connectivity index (χ3n) is 3.72. The van der Waals surface area contributed by atoms with E-state index in [-0.39, 0.29) is 5.91 Å². The zero-order valence-electron chi connectivity index (χ0n) is 9.39. The molecule has 0 aromatic heterocycles. The molecule has 2 aliphatic heterocycles. The molecule has 82 valence electrons. The van der Waals surface area contributed by atoms with Crippen LogP contribution in [0.2, 0.25) is 0 Å². The van der Waals surface area contributed by atoms with Crippen LogP contribution in [0.5, 0.6) is 0 Å². The molecule has 2 aliphatic rings. The molecule has 0 spiro atoms. The molecule has 0 radical (unpaired) electrons. The summed E-state index contributed by atoms with van der Waals surface area (Å²) in [6, 6.07) is 8.82. The molecule has 2 nitrogen and oxygen atoms in total. The summed E-state index contributed by atoms with van der Waals surface area (Å²) in [5, 5.41) is 0. The lowest BCUT2D eigenvalue weighted by atomic mass is 9.80. The molecule has 0 N–H and O–H groups in total. The number of amides is 1. The molecule has 2 heterocycles. The minimum absolute atomic E-state index is 0.164. The number of rotatable bonds is 1. The third kappa shape index (κ3) is 1.22. The number of carbonyl (C=O) groups excluding carboxylic acids is 1. The fraction of sp³-hybridized carbons (Fsp3) is 0.357. The Morgan fingerprint density at radius 2 is 2.19 bits per heavy atom. The van der Waals surface area contributed by atoms with Crippen LogP contribution in [-0.4, -0.2) is 16.8 Å². The number of fused-ring (bicyclic) bond motifs is 4. The maximum atomic E-state index is 11.8. The summed E-state index contributed by atoms with van der Waals surface area (Å²) < 4.78 is 0. The summed E-state index contributed by atoms with van der Waals surface area (Å²) in [4.78, 5) is 13.8. The van der Waals surface area contributed by atoms with Crippen LogP contribution in [-0.2, 0) is 11.3 Å². The predicted octanol–water partition coefficient (Wildman–Crippen LogP) is 2.46. The largest absolute Gasteiger partial charge is 0.331 e. The van der Waals surface area contributed by atoms with Gasteiger partial charge in [-0.3, -0.25) is 4.79 Å². The van der Waals surface area contributed by atoms with Crippen molar-refractivity contribution in [1.82, 2.24) is 4.90 Å². The molecule has 3 rings (SSSR count). The Bertz CT molecular complexity index is 464. The summed E-state index contributed by atoms with van der Waals surface area (Å²) in [5.74, 6) is 0.560. The van der Waals surface area contributed by atoms with Gasteiger partial charge in [0.25, 0.3) is 0 Å². The number of hydrogen-bond acceptors (Lipinski definition) is 1. The molecule has 0 fully saturated rings. The predicted molar refractivity (Wildman–Crippen MR) is 63.0 cm³/mol. The van der Waals surface area contributed by atoms with Crippen molar-refractivity contribution in [3.8, 4) is 0 Å². The zero-order valence-corrected chi connectivity index (χ0v) is 9.39. The summed E-state index contributed by atoms with van der Waals surface area (Å²) >= 11 is 0. The molecule has 0 unspecified atom stereocenters. The van der Waals surface area contributed by atoms with Crippen molar-refractivity contribution in [1.29, 1.82) is 0 Å². The van der Waals surface area contributed by atoms with Gasteiger partial charge in [-0.1, -0.05) is 37.3 Å². The highest BCUT2D eigenvalue weighted by Gasteiger charge is 2.36. The normalized spacial score (nSPS) is 26.8. The summed E-state index contributed by atoms with van der Waals surface area (Å²) in [7, 11) is 0. The van der Waals surface area contributed by atoms with E-state index in [1.165, 1.54) is 11.1 Å². The van der Waals surface area contributed by atoms with Crippen molar-refractivity contribution in [2.45, 2.75) is 31.8 Å². The van der Waals surface area contributed by atoms with Crippen molar-refractivity contribution < 1.29 is 4.79 Å². The molecular formula is C14H15NO. The standard InChI is InChI=1S/C14H15NO/c1-2-13-12-7-8-14(16)15(13)9-10-5-3-4-6-11(10)12/h3-8,12-13H,2,9H2,1H3/t12-,13-/m0/s1. The lowest BCUT2D eigenvalue weighted by Crippen LogP contribution is -2.47. The highest BCUT2D eigenvalue weighted by atomic mass is 16.2. The first kappa shape index (κ1) is 9.64. The van der Waals surface area contributed by atoms with Gasteiger partial charge in [-0.05, 0) is 23.6 Å². The molecule has 16 heavy (non-hydrogen) atoms. The van der Waals surface area contributed by atoms with E-state index in [2.05, 4.69) is 37.3 Å². The topological polar surface area (TPSA) is 20.3 Å². The number of hydrogen-bond donors (Lipinski definition) is 0. The van der Waals surface area contributed by atoms with Gasteiger partial charge in [-0.15, -0.1) is 0 Å². The average molecular weight is 213 g/mol. The Hall–Kier alpha value is -1.57. The molecule has 1 aromatic rings. The van der Waals surface area contributed by atoms with Crippen LogP contribution in [0.3, 0.4) is 0 Å². The Kier molecular flexibility index (Phi) is 2.10. The van der Waals surface area contributed by atoms with Crippen LogP contribution in [0.4, 0.5) is 0 Å². The van der Waals surface area contributed by atoms with Crippen molar-refractivity contribution in [3.05, 3.63) is 47.5 Å². The summed E-state index contributed by atoms with van der Waals surface area (Å²) in [6.45, 7) is 2.93. The average Bonchev–Trinajstić information content (AvgIpc) is 2.33. The second-order valence-electron chi connectivity index (χ2n) is 4.53. The van der Waals surface area contributed by atoms with E-state index in [9.17, 15) is 4.79 Å². The van der Waals surface area contributed by atoms with E-state index in [1.54, 1.807) is 6.08 Å². The number of benzene rings is 1. The van der Waals surface area contributed by atoms with Gasteiger partial charge in [-0.2, -0.15) is 0 Å². The summed E-state index contributed by atoms with van der Waals surface area (Å²) in [5.41, 5.74) is 2.70. The van der Waals surface area contributed by atoms with Gasteiger partial charge in [0.2, 0.25) is 5.91 Å². The highest BCUT2D eigenvalue weighted by Crippen LogP contribution is 2.38. The fourth-order valence-electron chi connectivity index (χ4n) is 2.93. The van der Waals surface area contributed by atoms with Crippen molar-refractivity contribution in [3.63, 3.8) is 0 Å². The van der Waals surface area contributed by atoms with Gasteiger partial charge in [0.1, 0.15) is 0 Å². The molecule has 2 bridgehead atoms. The van der Waals surface area contributed by atoms with Crippen molar-refractivity contribution in [2.75, 3.05) is 0 Å². The Labute approximate surface area is 95.6 Å². The van der Waals surface area contributed by atoms with Crippen molar-refractivity contribution >= 4 is 5.91 Å². The molecule has 1 amide bonds. The van der Waals surface area contributed by atoms with Gasteiger partial charge in [0.05, 0.1) is 0 Å².